The van der Waals surface area contributed by atoms with Gasteiger partial charge in [-0.3, -0.25) is 4.79 Å². The van der Waals surface area contributed by atoms with Crippen LogP contribution in [0.2, 0.25) is 0 Å². The summed E-state index contributed by atoms with van der Waals surface area (Å²) in [4.78, 5) is 23.4. The number of ether oxygens (including phenoxy) is 1. The van der Waals surface area contributed by atoms with Crippen molar-refractivity contribution in [2.24, 2.45) is 0 Å². The fourth-order valence-electron chi connectivity index (χ4n) is 1.80. The maximum Gasteiger partial charge on any atom is 0.338 e. The van der Waals surface area contributed by atoms with Gasteiger partial charge in [-0.05, 0) is 42.3 Å². The van der Waals surface area contributed by atoms with E-state index in [1.54, 1.807) is 25.1 Å². The first-order chi connectivity index (χ1) is 11.0. The van der Waals surface area contributed by atoms with Crippen LogP contribution in [-0.4, -0.2) is 23.6 Å². The van der Waals surface area contributed by atoms with E-state index in [1.165, 1.54) is 24.3 Å². The molecule has 2 aromatic carbocycles. The van der Waals surface area contributed by atoms with Gasteiger partial charge in [0.2, 0.25) is 0 Å². The predicted octanol–water partition coefficient (Wildman–Crippen LogP) is 2.31. The third-order valence-electron chi connectivity index (χ3n) is 3.18. The van der Waals surface area contributed by atoms with Crippen molar-refractivity contribution >= 4 is 11.9 Å². The largest absolute Gasteiger partial charge is 0.508 e. The van der Waals surface area contributed by atoms with Crippen LogP contribution < -0.4 is 5.32 Å². The predicted molar refractivity (Wildman–Crippen MR) is 81.4 cm³/mol. The highest BCUT2D eigenvalue weighted by Gasteiger charge is 2.11. The van der Waals surface area contributed by atoms with Crippen molar-refractivity contribution in [3.63, 3.8) is 0 Å². The van der Waals surface area contributed by atoms with Gasteiger partial charge < -0.3 is 15.2 Å². The Hall–Kier alpha value is -2.89. The van der Waals surface area contributed by atoms with E-state index < -0.39 is 18.5 Å². The fraction of sp³-hybridized carbons (Fsp3) is 0.176. The normalized spacial score (nSPS) is 10.2. The Labute approximate surface area is 132 Å². The molecule has 5 nitrogen and oxygen atoms in total. The number of benzene rings is 2. The first-order valence-electron chi connectivity index (χ1n) is 6.93. The number of phenols is 1. The molecule has 120 valence electrons. The van der Waals surface area contributed by atoms with Gasteiger partial charge in [0.15, 0.2) is 6.61 Å². The van der Waals surface area contributed by atoms with Crippen LogP contribution in [0.4, 0.5) is 4.39 Å². The molecule has 0 heterocycles. The molecule has 0 aromatic heterocycles. The van der Waals surface area contributed by atoms with Crippen LogP contribution in [0, 0.1) is 12.7 Å². The third kappa shape index (κ3) is 4.81. The molecule has 0 aliphatic carbocycles. The van der Waals surface area contributed by atoms with Crippen molar-refractivity contribution in [3.05, 3.63) is 65.0 Å². The Morgan fingerprint density at radius 2 is 1.87 bits per heavy atom. The number of nitrogens with one attached hydrogen (secondary N) is 1. The maximum atomic E-state index is 12.7. The second-order valence-electron chi connectivity index (χ2n) is 4.98. The van der Waals surface area contributed by atoms with Gasteiger partial charge in [0.1, 0.15) is 11.6 Å². The van der Waals surface area contributed by atoms with Crippen LogP contribution in [0.5, 0.6) is 5.75 Å². The number of hydrogen-bond donors (Lipinski definition) is 2. The minimum Gasteiger partial charge on any atom is -0.508 e. The fourth-order valence-corrected chi connectivity index (χ4v) is 1.80. The summed E-state index contributed by atoms with van der Waals surface area (Å²) in [5, 5.41) is 12.1. The number of carbonyl (C=O) groups is 2. The zero-order valence-corrected chi connectivity index (χ0v) is 12.5. The molecule has 0 aliphatic heterocycles. The summed E-state index contributed by atoms with van der Waals surface area (Å²) in [6, 6.07) is 10.1. The summed E-state index contributed by atoms with van der Waals surface area (Å²) in [7, 11) is 0. The number of carbonyl (C=O) groups excluding carboxylic acids is 2. The third-order valence-corrected chi connectivity index (χ3v) is 3.18. The molecular formula is C17H16FNO4. The average molecular weight is 317 g/mol. The van der Waals surface area contributed by atoms with Crippen molar-refractivity contribution in [3.8, 4) is 5.75 Å². The molecule has 1 amide bonds. The molecule has 6 heteroatoms. The Bertz CT molecular complexity index is 713. The van der Waals surface area contributed by atoms with Gasteiger partial charge in [0.25, 0.3) is 5.91 Å². The molecule has 23 heavy (non-hydrogen) atoms. The lowest BCUT2D eigenvalue weighted by Crippen LogP contribution is -2.28. The van der Waals surface area contributed by atoms with Crippen molar-refractivity contribution in [2.75, 3.05) is 6.61 Å². The molecule has 0 aliphatic rings. The monoisotopic (exact) mass is 317 g/mol. The van der Waals surface area contributed by atoms with Crippen LogP contribution >= 0.6 is 0 Å². The highest BCUT2D eigenvalue weighted by atomic mass is 19.1. The maximum absolute atomic E-state index is 12.7. The molecule has 0 fully saturated rings. The summed E-state index contributed by atoms with van der Waals surface area (Å²) in [6.45, 7) is 1.48. The first-order valence-corrected chi connectivity index (χ1v) is 6.93. The highest BCUT2D eigenvalue weighted by molar-refractivity contribution is 5.91. The Kier molecular flexibility index (Phi) is 5.30. The first kappa shape index (κ1) is 16.5. The van der Waals surface area contributed by atoms with Crippen molar-refractivity contribution in [2.45, 2.75) is 13.5 Å². The van der Waals surface area contributed by atoms with Crippen LogP contribution in [0.1, 0.15) is 21.5 Å². The summed E-state index contributed by atoms with van der Waals surface area (Å²) >= 11 is 0. The number of phenolic OH excluding ortho intramolecular Hbond substituents is 1. The van der Waals surface area contributed by atoms with Gasteiger partial charge in [-0.15, -0.1) is 0 Å². The van der Waals surface area contributed by atoms with Gasteiger partial charge in [0.05, 0.1) is 5.56 Å². The van der Waals surface area contributed by atoms with Gasteiger partial charge in [-0.1, -0.05) is 18.2 Å². The van der Waals surface area contributed by atoms with E-state index in [1.807, 2.05) is 0 Å². The molecule has 2 rings (SSSR count). The number of aromatic hydroxyl groups is 1. The second kappa shape index (κ2) is 7.40. The quantitative estimate of drug-likeness (QED) is 0.830. The summed E-state index contributed by atoms with van der Waals surface area (Å²) in [5.41, 5.74) is 1.53. The molecule has 0 saturated carbocycles. The number of hydrogen-bond acceptors (Lipinski definition) is 4. The zero-order valence-electron chi connectivity index (χ0n) is 12.5. The van der Waals surface area contributed by atoms with Crippen molar-refractivity contribution < 1.29 is 23.8 Å². The van der Waals surface area contributed by atoms with E-state index in [-0.39, 0.29) is 23.7 Å². The Balaban J connectivity index is 1.80. The smallest absolute Gasteiger partial charge is 0.338 e. The van der Waals surface area contributed by atoms with E-state index in [4.69, 9.17) is 4.74 Å². The minimum absolute atomic E-state index is 0.0137. The van der Waals surface area contributed by atoms with Crippen molar-refractivity contribution in [1.29, 1.82) is 0 Å². The van der Waals surface area contributed by atoms with Gasteiger partial charge >= 0.3 is 5.97 Å². The summed E-state index contributed by atoms with van der Waals surface area (Å²) < 4.78 is 17.6. The van der Waals surface area contributed by atoms with Crippen LogP contribution in [0.3, 0.4) is 0 Å². The number of rotatable bonds is 5. The molecule has 2 N–H and O–H groups in total. The van der Waals surface area contributed by atoms with Gasteiger partial charge in [-0.25, -0.2) is 9.18 Å². The standard InChI is InChI=1S/C17H16FNO4/c1-11-2-5-13(8-15(11)20)17(22)23-10-16(21)19-9-12-3-6-14(18)7-4-12/h2-8,20H,9-10H2,1H3,(H,19,21). The molecule has 0 atom stereocenters. The number of amides is 1. The molecule has 0 radical (unpaired) electrons. The van der Waals surface area contributed by atoms with Crippen LogP contribution in [-0.2, 0) is 16.1 Å². The van der Waals surface area contributed by atoms with Gasteiger partial charge in [0, 0.05) is 6.54 Å². The van der Waals surface area contributed by atoms with Gasteiger partial charge in [-0.2, -0.15) is 0 Å². The summed E-state index contributed by atoms with van der Waals surface area (Å²) in [5.74, 6) is -1.54. The molecule has 0 unspecified atom stereocenters. The molecule has 0 saturated heterocycles. The molecule has 2 aromatic rings. The number of halogens is 1. The lowest BCUT2D eigenvalue weighted by molar-refractivity contribution is -0.124. The number of esters is 1. The SMILES string of the molecule is Cc1ccc(C(=O)OCC(=O)NCc2ccc(F)cc2)cc1O. The topological polar surface area (TPSA) is 75.6 Å². The van der Waals surface area contributed by atoms with E-state index in [2.05, 4.69) is 5.32 Å². The van der Waals surface area contributed by atoms with Crippen molar-refractivity contribution in [1.82, 2.24) is 5.32 Å². The average Bonchev–Trinajstić information content (AvgIpc) is 2.54. The lowest BCUT2D eigenvalue weighted by Gasteiger charge is -2.07. The minimum atomic E-state index is -0.697. The highest BCUT2D eigenvalue weighted by Crippen LogP contribution is 2.17. The molecular weight excluding hydrogens is 301 g/mol. The molecule has 0 spiro atoms. The van der Waals surface area contributed by atoms with Crippen LogP contribution in [0.15, 0.2) is 42.5 Å². The Morgan fingerprint density at radius 1 is 1.17 bits per heavy atom. The van der Waals surface area contributed by atoms with E-state index in [0.717, 1.165) is 5.56 Å². The Morgan fingerprint density at radius 3 is 2.52 bits per heavy atom. The van der Waals surface area contributed by atoms with E-state index in [9.17, 15) is 19.1 Å². The zero-order chi connectivity index (χ0) is 16.8. The number of aryl methyl sites for hydroxylation is 1. The summed E-state index contributed by atoms with van der Waals surface area (Å²) in [6.07, 6.45) is 0. The molecule has 0 bridgehead atoms. The van der Waals surface area contributed by atoms with Crippen LogP contribution in [0.25, 0.3) is 0 Å². The second-order valence-corrected chi connectivity index (χ2v) is 4.98. The van der Waals surface area contributed by atoms with E-state index >= 15 is 0 Å². The lowest BCUT2D eigenvalue weighted by atomic mass is 10.1. The van der Waals surface area contributed by atoms with E-state index in [0.29, 0.717) is 5.56 Å².